The van der Waals surface area contributed by atoms with Gasteiger partial charge in [0.2, 0.25) is 0 Å². The van der Waals surface area contributed by atoms with Crippen LogP contribution in [0.2, 0.25) is 0 Å². The maximum absolute atomic E-state index is 12.1. The second-order valence-corrected chi connectivity index (χ2v) is 2.63. The molecular formula is C9H12ClF2NO. The molecule has 0 saturated heterocycles. The van der Waals surface area contributed by atoms with E-state index in [0.29, 0.717) is 11.3 Å². The molecule has 5 heteroatoms. The molecule has 0 aliphatic heterocycles. The molecule has 0 radical (unpaired) electrons. The standard InChI is InChI=1S/C9H11F2NO.ClH/c1-13-7-4-2-6(3-5-7)8(12)9(10)11;/h2-5,8-9H,12H2,1H3;1H. The number of halogens is 3. The summed E-state index contributed by atoms with van der Waals surface area (Å²) >= 11 is 0. The summed E-state index contributed by atoms with van der Waals surface area (Å²) in [5, 5.41) is 0. The lowest BCUT2D eigenvalue weighted by Gasteiger charge is -2.10. The predicted octanol–water partition coefficient (Wildman–Crippen LogP) is 2.38. The first kappa shape index (κ1) is 13.1. The Morgan fingerprint density at radius 1 is 1.21 bits per heavy atom. The van der Waals surface area contributed by atoms with Gasteiger partial charge in [-0.1, -0.05) is 12.1 Å². The smallest absolute Gasteiger partial charge is 0.257 e. The van der Waals surface area contributed by atoms with E-state index in [4.69, 9.17) is 10.5 Å². The van der Waals surface area contributed by atoms with Crippen LogP contribution in [0.3, 0.4) is 0 Å². The van der Waals surface area contributed by atoms with Gasteiger partial charge in [-0.15, -0.1) is 12.4 Å². The fraction of sp³-hybridized carbons (Fsp3) is 0.333. The summed E-state index contributed by atoms with van der Waals surface area (Å²) < 4.78 is 29.2. The minimum absolute atomic E-state index is 0. The summed E-state index contributed by atoms with van der Waals surface area (Å²) in [6.07, 6.45) is -2.53. The minimum atomic E-state index is -2.53. The van der Waals surface area contributed by atoms with Crippen molar-refractivity contribution in [2.75, 3.05) is 7.11 Å². The lowest BCUT2D eigenvalue weighted by molar-refractivity contribution is 0.116. The van der Waals surface area contributed by atoms with Crippen molar-refractivity contribution in [3.05, 3.63) is 29.8 Å². The van der Waals surface area contributed by atoms with Gasteiger partial charge in [0.15, 0.2) is 0 Å². The Balaban J connectivity index is 0.00000169. The van der Waals surface area contributed by atoms with Crippen LogP contribution in [-0.4, -0.2) is 13.5 Å². The molecule has 2 N–H and O–H groups in total. The van der Waals surface area contributed by atoms with Gasteiger partial charge in [-0.25, -0.2) is 8.78 Å². The molecule has 0 aromatic heterocycles. The van der Waals surface area contributed by atoms with E-state index >= 15 is 0 Å². The van der Waals surface area contributed by atoms with E-state index in [-0.39, 0.29) is 12.4 Å². The van der Waals surface area contributed by atoms with Gasteiger partial charge >= 0.3 is 0 Å². The van der Waals surface area contributed by atoms with Gasteiger partial charge in [0.1, 0.15) is 5.75 Å². The van der Waals surface area contributed by atoms with Crippen molar-refractivity contribution >= 4 is 12.4 Å². The number of alkyl halides is 2. The topological polar surface area (TPSA) is 35.2 Å². The van der Waals surface area contributed by atoms with Crippen molar-refractivity contribution < 1.29 is 13.5 Å². The highest BCUT2D eigenvalue weighted by molar-refractivity contribution is 5.85. The third kappa shape index (κ3) is 3.12. The Bertz CT molecular complexity index is 266. The molecule has 0 bridgehead atoms. The van der Waals surface area contributed by atoms with Gasteiger partial charge in [0.25, 0.3) is 6.43 Å². The van der Waals surface area contributed by atoms with Crippen LogP contribution in [-0.2, 0) is 0 Å². The van der Waals surface area contributed by atoms with E-state index in [0.717, 1.165) is 0 Å². The van der Waals surface area contributed by atoms with Crippen LogP contribution in [0.5, 0.6) is 5.75 Å². The van der Waals surface area contributed by atoms with Gasteiger partial charge in [-0.2, -0.15) is 0 Å². The fourth-order valence-corrected chi connectivity index (χ4v) is 0.972. The molecule has 0 aliphatic rings. The summed E-state index contributed by atoms with van der Waals surface area (Å²) in [5.74, 6) is 0.630. The molecule has 0 saturated carbocycles. The lowest BCUT2D eigenvalue weighted by atomic mass is 10.1. The molecule has 1 unspecified atom stereocenters. The Morgan fingerprint density at radius 3 is 2.07 bits per heavy atom. The number of nitrogens with two attached hydrogens (primary N) is 1. The highest BCUT2D eigenvalue weighted by Crippen LogP contribution is 2.20. The molecular weight excluding hydrogens is 212 g/mol. The molecule has 0 fully saturated rings. The predicted molar refractivity (Wildman–Crippen MR) is 53.2 cm³/mol. The first-order valence-corrected chi connectivity index (χ1v) is 3.83. The summed E-state index contributed by atoms with van der Waals surface area (Å²) in [5.41, 5.74) is 5.65. The van der Waals surface area contributed by atoms with Crippen LogP contribution in [0, 0.1) is 0 Å². The van der Waals surface area contributed by atoms with Gasteiger partial charge in [-0.3, -0.25) is 0 Å². The molecule has 2 nitrogen and oxygen atoms in total. The van der Waals surface area contributed by atoms with E-state index in [1.54, 1.807) is 12.1 Å². The van der Waals surface area contributed by atoms with Gasteiger partial charge in [0.05, 0.1) is 13.2 Å². The van der Waals surface area contributed by atoms with E-state index in [1.807, 2.05) is 0 Å². The minimum Gasteiger partial charge on any atom is -0.497 e. The highest BCUT2D eigenvalue weighted by atomic mass is 35.5. The van der Waals surface area contributed by atoms with Crippen molar-refractivity contribution in [2.45, 2.75) is 12.5 Å². The number of ether oxygens (including phenoxy) is 1. The van der Waals surface area contributed by atoms with Crippen LogP contribution in [0.1, 0.15) is 11.6 Å². The Labute approximate surface area is 87.5 Å². The van der Waals surface area contributed by atoms with E-state index in [9.17, 15) is 8.78 Å². The van der Waals surface area contributed by atoms with Crippen molar-refractivity contribution in [1.29, 1.82) is 0 Å². The van der Waals surface area contributed by atoms with Crippen molar-refractivity contribution in [1.82, 2.24) is 0 Å². The first-order valence-electron chi connectivity index (χ1n) is 3.83. The normalized spacial score (nSPS) is 12.1. The van der Waals surface area contributed by atoms with Gasteiger partial charge in [0, 0.05) is 0 Å². The second-order valence-electron chi connectivity index (χ2n) is 2.63. The third-order valence-electron chi connectivity index (χ3n) is 1.77. The fourth-order valence-electron chi connectivity index (χ4n) is 0.972. The number of rotatable bonds is 3. The largest absolute Gasteiger partial charge is 0.497 e. The quantitative estimate of drug-likeness (QED) is 0.854. The lowest BCUT2D eigenvalue weighted by Crippen LogP contribution is -2.18. The Kier molecular flexibility index (Phi) is 5.42. The summed E-state index contributed by atoms with van der Waals surface area (Å²) in [6, 6.07) is 5.08. The highest BCUT2D eigenvalue weighted by Gasteiger charge is 2.16. The molecule has 0 heterocycles. The van der Waals surface area contributed by atoms with Crippen molar-refractivity contribution in [3.63, 3.8) is 0 Å². The Morgan fingerprint density at radius 2 is 1.71 bits per heavy atom. The third-order valence-corrected chi connectivity index (χ3v) is 1.77. The maximum Gasteiger partial charge on any atom is 0.257 e. The van der Waals surface area contributed by atoms with Crippen molar-refractivity contribution in [2.24, 2.45) is 5.73 Å². The van der Waals surface area contributed by atoms with Crippen LogP contribution in [0.4, 0.5) is 8.78 Å². The zero-order valence-electron chi connectivity index (χ0n) is 7.61. The zero-order chi connectivity index (χ0) is 9.84. The van der Waals surface area contributed by atoms with Crippen LogP contribution in [0.15, 0.2) is 24.3 Å². The molecule has 1 aromatic rings. The maximum atomic E-state index is 12.1. The van der Waals surface area contributed by atoms with Gasteiger partial charge in [-0.05, 0) is 17.7 Å². The van der Waals surface area contributed by atoms with E-state index < -0.39 is 12.5 Å². The van der Waals surface area contributed by atoms with Crippen LogP contribution >= 0.6 is 12.4 Å². The molecule has 0 spiro atoms. The first-order chi connectivity index (χ1) is 6.15. The van der Waals surface area contributed by atoms with Gasteiger partial charge < -0.3 is 10.5 Å². The molecule has 0 amide bonds. The molecule has 1 aromatic carbocycles. The average Bonchev–Trinajstić information content (AvgIpc) is 2.17. The number of methoxy groups -OCH3 is 1. The summed E-state index contributed by atoms with van der Waals surface area (Å²) in [7, 11) is 1.52. The second kappa shape index (κ2) is 5.78. The molecule has 1 atom stereocenters. The SMILES string of the molecule is COc1ccc(C(N)C(F)F)cc1.Cl. The summed E-state index contributed by atoms with van der Waals surface area (Å²) in [6.45, 7) is 0. The average molecular weight is 224 g/mol. The van der Waals surface area contributed by atoms with E-state index in [2.05, 4.69) is 0 Å². The molecule has 1 rings (SSSR count). The number of benzene rings is 1. The van der Waals surface area contributed by atoms with Crippen molar-refractivity contribution in [3.8, 4) is 5.75 Å². The van der Waals surface area contributed by atoms with Crippen LogP contribution < -0.4 is 10.5 Å². The number of hydrogen-bond donors (Lipinski definition) is 1. The molecule has 80 valence electrons. The Hall–Kier alpha value is -0.870. The summed E-state index contributed by atoms with van der Waals surface area (Å²) in [4.78, 5) is 0. The zero-order valence-corrected chi connectivity index (χ0v) is 8.43. The molecule has 14 heavy (non-hydrogen) atoms. The molecule has 0 aliphatic carbocycles. The monoisotopic (exact) mass is 223 g/mol. The van der Waals surface area contributed by atoms with E-state index in [1.165, 1.54) is 19.2 Å². The number of hydrogen-bond acceptors (Lipinski definition) is 2. The van der Waals surface area contributed by atoms with Crippen LogP contribution in [0.25, 0.3) is 0 Å².